The van der Waals surface area contributed by atoms with E-state index in [4.69, 9.17) is 5.73 Å². The van der Waals surface area contributed by atoms with E-state index in [0.717, 1.165) is 13.1 Å². The lowest BCUT2D eigenvalue weighted by molar-refractivity contribution is 0.482. The third-order valence-corrected chi connectivity index (χ3v) is 2.35. The van der Waals surface area contributed by atoms with E-state index in [1.165, 1.54) is 32.1 Å². The van der Waals surface area contributed by atoms with E-state index in [1.807, 2.05) is 6.92 Å². The molecule has 0 bridgehead atoms. The third-order valence-electron chi connectivity index (χ3n) is 2.35. The number of rotatable bonds is 8. The van der Waals surface area contributed by atoms with Crippen LogP contribution < -0.4 is 11.1 Å². The Morgan fingerprint density at radius 1 is 1.29 bits per heavy atom. The summed E-state index contributed by atoms with van der Waals surface area (Å²) in [5.41, 5.74) is 5.66. The summed E-state index contributed by atoms with van der Waals surface area (Å²) in [5, 5.41) is 3.35. The molecule has 0 radical (unpaired) electrons. The van der Waals surface area contributed by atoms with Crippen molar-refractivity contribution < 1.29 is 0 Å². The molecule has 0 aromatic carbocycles. The van der Waals surface area contributed by atoms with Crippen LogP contribution in [0.25, 0.3) is 0 Å². The molecule has 0 heterocycles. The summed E-state index contributed by atoms with van der Waals surface area (Å²) in [6, 6.07) is 0.452. The normalized spacial score (nSPS) is 11.9. The van der Waals surface area contributed by atoms with Gasteiger partial charge in [-0.25, -0.2) is 0 Å². The van der Waals surface area contributed by atoms with E-state index >= 15 is 0 Å². The van der Waals surface area contributed by atoms with E-state index in [2.05, 4.69) is 24.1 Å². The van der Waals surface area contributed by atoms with Crippen LogP contribution in [0.5, 0.6) is 0 Å². The largest absolute Gasteiger partial charge is 0.329 e. The van der Waals surface area contributed by atoms with Gasteiger partial charge in [0.05, 0.1) is 6.54 Å². The van der Waals surface area contributed by atoms with Crippen molar-refractivity contribution in [3.05, 3.63) is 0 Å². The first kappa shape index (κ1) is 13.5. The van der Waals surface area contributed by atoms with Crippen molar-refractivity contribution in [2.75, 3.05) is 13.1 Å². The summed E-state index contributed by atoms with van der Waals surface area (Å²) in [6.45, 7) is 5.58. The molecular weight excluding hydrogens is 172 g/mol. The van der Waals surface area contributed by atoms with Crippen molar-refractivity contribution in [3.8, 4) is 11.8 Å². The number of nitrogens with one attached hydrogen (secondary N) is 1. The lowest BCUT2D eigenvalue weighted by atomic mass is 10.1. The summed E-state index contributed by atoms with van der Waals surface area (Å²) in [6.07, 6.45) is 6.42. The van der Waals surface area contributed by atoms with Crippen LogP contribution in [-0.4, -0.2) is 19.1 Å². The molecule has 0 spiro atoms. The van der Waals surface area contributed by atoms with Crippen LogP contribution in [0.3, 0.4) is 0 Å². The van der Waals surface area contributed by atoms with Gasteiger partial charge in [-0.05, 0) is 13.3 Å². The first-order valence-electron chi connectivity index (χ1n) is 5.68. The fraction of sp³-hybridized carbons (Fsp3) is 0.833. The minimum atomic E-state index is 0.452. The molecule has 0 aliphatic carbocycles. The first-order valence-corrected chi connectivity index (χ1v) is 5.68. The molecule has 0 saturated heterocycles. The second-order valence-corrected chi connectivity index (χ2v) is 3.59. The predicted molar refractivity (Wildman–Crippen MR) is 63.1 cm³/mol. The highest BCUT2D eigenvalue weighted by Crippen LogP contribution is 2.04. The second kappa shape index (κ2) is 10.6. The summed E-state index contributed by atoms with van der Waals surface area (Å²) in [5.74, 6) is 5.87. The maximum absolute atomic E-state index is 5.66. The van der Waals surface area contributed by atoms with E-state index in [0.29, 0.717) is 6.04 Å². The molecule has 1 unspecified atom stereocenters. The molecule has 0 aliphatic rings. The Hall–Kier alpha value is -0.520. The molecule has 0 aromatic rings. The number of nitrogens with two attached hydrogens (primary N) is 1. The van der Waals surface area contributed by atoms with Gasteiger partial charge >= 0.3 is 0 Å². The molecule has 0 fully saturated rings. The molecule has 14 heavy (non-hydrogen) atoms. The van der Waals surface area contributed by atoms with Crippen molar-refractivity contribution in [2.45, 2.75) is 52.0 Å². The van der Waals surface area contributed by atoms with Crippen molar-refractivity contribution >= 4 is 0 Å². The SMILES string of the molecule is CC#CCNC(CN)CCCCCC. The van der Waals surface area contributed by atoms with Crippen LogP contribution in [-0.2, 0) is 0 Å². The van der Waals surface area contributed by atoms with Crippen molar-refractivity contribution in [3.63, 3.8) is 0 Å². The Kier molecular flexibility index (Phi) is 10.2. The highest BCUT2D eigenvalue weighted by Gasteiger charge is 2.03. The van der Waals surface area contributed by atoms with Crippen LogP contribution in [0.1, 0.15) is 46.0 Å². The Bertz CT molecular complexity index is 167. The average Bonchev–Trinajstić information content (AvgIpc) is 2.22. The van der Waals surface area contributed by atoms with Crippen molar-refractivity contribution in [2.24, 2.45) is 5.73 Å². The zero-order valence-electron chi connectivity index (χ0n) is 9.60. The van der Waals surface area contributed by atoms with Crippen molar-refractivity contribution in [1.82, 2.24) is 5.32 Å². The van der Waals surface area contributed by atoms with Gasteiger partial charge in [0.1, 0.15) is 0 Å². The Morgan fingerprint density at radius 2 is 2.07 bits per heavy atom. The molecule has 82 valence electrons. The minimum absolute atomic E-state index is 0.452. The van der Waals surface area contributed by atoms with E-state index in [9.17, 15) is 0 Å². The molecule has 2 heteroatoms. The average molecular weight is 196 g/mol. The topological polar surface area (TPSA) is 38.0 Å². The van der Waals surface area contributed by atoms with Crippen LogP contribution in [0.4, 0.5) is 0 Å². The van der Waals surface area contributed by atoms with Gasteiger partial charge in [-0.2, -0.15) is 0 Å². The summed E-state index contributed by atoms with van der Waals surface area (Å²) in [4.78, 5) is 0. The quantitative estimate of drug-likeness (QED) is 0.459. The molecule has 1 atom stereocenters. The molecular formula is C12H24N2. The van der Waals surface area contributed by atoms with Gasteiger partial charge < -0.3 is 11.1 Å². The Labute approximate surface area is 88.6 Å². The maximum atomic E-state index is 5.66. The van der Waals surface area contributed by atoms with Crippen LogP contribution in [0.15, 0.2) is 0 Å². The van der Waals surface area contributed by atoms with E-state index < -0.39 is 0 Å². The van der Waals surface area contributed by atoms with Gasteiger partial charge in [0.15, 0.2) is 0 Å². The summed E-state index contributed by atoms with van der Waals surface area (Å²) in [7, 11) is 0. The van der Waals surface area contributed by atoms with Gasteiger partial charge in [0.25, 0.3) is 0 Å². The van der Waals surface area contributed by atoms with Crippen LogP contribution in [0, 0.1) is 11.8 Å². The van der Waals surface area contributed by atoms with Gasteiger partial charge in [-0.15, -0.1) is 5.92 Å². The first-order chi connectivity index (χ1) is 6.85. The lowest BCUT2D eigenvalue weighted by Gasteiger charge is -2.14. The molecule has 0 rings (SSSR count). The fourth-order valence-electron chi connectivity index (χ4n) is 1.40. The zero-order chi connectivity index (χ0) is 10.6. The van der Waals surface area contributed by atoms with Crippen LogP contribution >= 0.6 is 0 Å². The number of hydrogen-bond acceptors (Lipinski definition) is 2. The highest BCUT2D eigenvalue weighted by atomic mass is 14.9. The fourth-order valence-corrected chi connectivity index (χ4v) is 1.40. The monoisotopic (exact) mass is 196 g/mol. The van der Waals surface area contributed by atoms with E-state index in [1.54, 1.807) is 0 Å². The molecule has 0 saturated carbocycles. The predicted octanol–water partition coefficient (Wildman–Crippen LogP) is 1.90. The smallest absolute Gasteiger partial charge is 0.0578 e. The molecule has 3 N–H and O–H groups in total. The summed E-state index contributed by atoms with van der Waals surface area (Å²) >= 11 is 0. The molecule has 0 amide bonds. The minimum Gasteiger partial charge on any atom is -0.329 e. The van der Waals surface area contributed by atoms with Gasteiger partial charge in [-0.1, -0.05) is 38.5 Å². The van der Waals surface area contributed by atoms with Gasteiger partial charge in [-0.3, -0.25) is 0 Å². The Morgan fingerprint density at radius 3 is 2.64 bits per heavy atom. The maximum Gasteiger partial charge on any atom is 0.0578 e. The van der Waals surface area contributed by atoms with Gasteiger partial charge in [0, 0.05) is 12.6 Å². The lowest BCUT2D eigenvalue weighted by Crippen LogP contribution is -2.36. The van der Waals surface area contributed by atoms with Crippen molar-refractivity contribution in [1.29, 1.82) is 0 Å². The zero-order valence-corrected chi connectivity index (χ0v) is 9.60. The molecule has 0 aliphatic heterocycles. The number of unbranched alkanes of at least 4 members (excludes halogenated alkanes) is 3. The standard InChI is InChI=1S/C12H24N2/c1-3-5-7-8-9-12(11-13)14-10-6-4-2/h12,14H,3,5,7-11,13H2,1-2H3. The van der Waals surface area contributed by atoms with E-state index in [-0.39, 0.29) is 0 Å². The molecule has 0 aromatic heterocycles. The highest BCUT2D eigenvalue weighted by molar-refractivity contribution is 4.97. The third kappa shape index (κ3) is 8.10. The number of hydrogen-bond donors (Lipinski definition) is 2. The summed E-state index contributed by atoms with van der Waals surface area (Å²) < 4.78 is 0. The van der Waals surface area contributed by atoms with Crippen LogP contribution in [0.2, 0.25) is 0 Å². The Balaban J connectivity index is 3.41. The van der Waals surface area contributed by atoms with Gasteiger partial charge in [0.2, 0.25) is 0 Å². The second-order valence-electron chi connectivity index (χ2n) is 3.59. The molecule has 2 nitrogen and oxygen atoms in total.